The molecule has 3 heteroatoms. The van der Waals surface area contributed by atoms with Gasteiger partial charge in [-0.15, -0.1) is 0 Å². The Bertz CT molecular complexity index is 5000. The van der Waals surface area contributed by atoms with Crippen LogP contribution < -0.4 is 20.7 Å². The van der Waals surface area contributed by atoms with Crippen LogP contribution in [0, 0.1) is 0 Å². The third-order valence-corrected chi connectivity index (χ3v) is 22.6. The highest BCUT2D eigenvalue weighted by Crippen LogP contribution is 2.45. The molecule has 0 N–H and O–H groups in total. The molecule has 0 aliphatic rings. The highest BCUT2D eigenvalue weighted by molar-refractivity contribution is 7.20. The molecular weight excluding hydrogens is 1070 g/mol. The van der Waals surface area contributed by atoms with Gasteiger partial charge in [-0.3, -0.25) is 0 Å². The molecule has 0 saturated carbocycles. The van der Waals surface area contributed by atoms with Crippen molar-refractivity contribution < 1.29 is 0 Å². The molecule has 2 nitrogen and oxygen atoms in total. The summed E-state index contributed by atoms with van der Waals surface area (Å²) in [6, 6.07) is 131. The summed E-state index contributed by atoms with van der Waals surface area (Å²) in [5, 5.41) is 10.1. The van der Waals surface area contributed by atoms with Gasteiger partial charge in [-0.1, -0.05) is 315 Å². The Morgan fingerprint density at radius 1 is 0.172 bits per heavy atom. The Morgan fingerprint density at radius 3 is 0.885 bits per heavy atom. The molecule has 0 unspecified atom stereocenters. The number of aromatic nitrogens is 2. The van der Waals surface area contributed by atoms with Crippen LogP contribution in [0.15, 0.2) is 352 Å². The van der Waals surface area contributed by atoms with Gasteiger partial charge in [-0.25, -0.2) is 0 Å². The van der Waals surface area contributed by atoms with Crippen LogP contribution in [0.4, 0.5) is 0 Å². The van der Waals surface area contributed by atoms with E-state index < -0.39 is 8.07 Å². The summed E-state index contributed by atoms with van der Waals surface area (Å²) < 4.78 is 5.07. The second-order valence-electron chi connectivity index (χ2n) is 22.7. The van der Waals surface area contributed by atoms with Crippen LogP contribution in [0.1, 0.15) is 0 Å². The molecule has 87 heavy (non-hydrogen) atoms. The van der Waals surface area contributed by atoms with Crippen LogP contribution >= 0.6 is 0 Å². The van der Waals surface area contributed by atoms with Gasteiger partial charge in [-0.05, 0) is 102 Å². The van der Waals surface area contributed by atoms with Gasteiger partial charge in [0.05, 0.1) is 33.4 Å². The Kier molecular flexibility index (Phi) is 12.9. The lowest BCUT2D eigenvalue weighted by atomic mass is 9.95. The number of benzene rings is 14. The minimum Gasteiger partial charge on any atom is -0.308 e. The molecule has 16 rings (SSSR count). The van der Waals surface area contributed by atoms with Crippen molar-refractivity contribution in [3.63, 3.8) is 0 Å². The summed E-state index contributed by atoms with van der Waals surface area (Å²) in [6.45, 7) is 0. The Morgan fingerprint density at radius 2 is 0.471 bits per heavy atom. The van der Waals surface area contributed by atoms with Crippen LogP contribution in [-0.4, -0.2) is 17.2 Å². The van der Waals surface area contributed by atoms with Crippen molar-refractivity contribution in [2.45, 2.75) is 0 Å². The maximum Gasteiger partial charge on any atom is 0.179 e. The average Bonchev–Trinajstić information content (AvgIpc) is 1.86. The molecule has 0 spiro atoms. The molecular formula is C84H58N2Si. The lowest BCUT2D eigenvalue weighted by molar-refractivity contribution is 1.18. The fraction of sp³-hybridized carbons (Fsp3) is 0. The van der Waals surface area contributed by atoms with E-state index in [-0.39, 0.29) is 0 Å². The Hall–Kier alpha value is -11.1. The summed E-state index contributed by atoms with van der Waals surface area (Å²) in [6.07, 6.45) is 0. The lowest BCUT2D eigenvalue weighted by Gasteiger charge is -2.36. The normalized spacial score (nSPS) is 11.7. The fourth-order valence-electron chi connectivity index (χ4n) is 14.0. The molecule has 0 aliphatic heterocycles. The van der Waals surface area contributed by atoms with Crippen molar-refractivity contribution in [3.05, 3.63) is 352 Å². The van der Waals surface area contributed by atoms with Gasteiger partial charge < -0.3 is 9.13 Å². The van der Waals surface area contributed by atoms with Crippen molar-refractivity contribution in [2.75, 3.05) is 0 Å². The van der Waals surface area contributed by atoms with Crippen LogP contribution in [0.2, 0.25) is 0 Å². The van der Waals surface area contributed by atoms with Gasteiger partial charge >= 0.3 is 0 Å². The van der Waals surface area contributed by atoms with Gasteiger partial charge in [0, 0.05) is 43.8 Å². The number of fused-ring (bicyclic) bond motifs is 6. The van der Waals surface area contributed by atoms with Crippen molar-refractivity contribution in [1.29, 1.82) is 0 Å². The molecule has 2 aromatic heterocycles. The molecule has 2 heterocycles. The Labute approximate surface area is 508 Å². The molecule has 0 fully saturated rings. The SMILES string of the molecule is c1ccc(-c2ccc([Si](c3ccccc3)(c3ccccc3)c3cc(-c4ccccc4)c(-n4c5ccccc5c5cc(-c6ccc7c(c6)c6ccccc6n7-c6c(-c7ccccc7)cccc6-c6ccccc6)ccc54)c(-c4ccccc4)c3)cc2)cc1. The summed E-state index contributed by atoms with van der Waals surface area (Å²) in [4.78, 5) is 0. The zero-order valence-electron chi connectivity index (χ0n) is 47.9. The zero-order valence-corrected chi connectivity index (χ0v) is 48.9. The number of rotatable bonds is 12. The molecule has 0 atom stereocenters. The molecule has 0 saturated heterocycles. The molecule has 408 valence electrons. The van der Waals surface area contributed by atoms with Crippen LogP contribution in [0.25, 0.3) is 122 Å². The van der Waals surface area contributed by atoms with Crippen molar-refractivity contribution in [3.8, 4) is 78.1 Å². The summed E-state index contributed by atoms with van der Waals surface area (Å²) in [7, 11) is -3.12. The maximum absolute atomic E-state index is 3.12. The minimum atomic E-state index is -3.12. The van der Waals surface area contributed by atoms with Gasteiger partial charge in [0.2, 0.25) is 0 Å². The summed E-state index contributed by atoms with van der Waals surface area (Å²) in [5.41, 5.74) is 21.1. The van der Waals surface area contributed by atoms with E-state index in [9.17, 15) is 0 Å². The first-order chi connectivity index (χ1) is 43.2. The molecule has 14 aromatic carbocycles. The second-order valence-corrected chi connectivity index (χ2v) is 26.5. The quantitative estimate of drug-likeness (QED) is 0.0852. The van der Waals surface area contributed by atoms with Gasteiger partial charge in [0.1, 0.15) is 0 Å². The summed E-state index contributed by atoms with van der Waals surface area (Å²) >= 11 is 0. The number of nitrogens with zero attached hydrogens (tertiary/aromatic N) is 2. The summed E-state index contributed by atoms with van der Waals surface area (Å²) in [5.74, 6) is 0. The van der Waals surface area contributed by atoms with E-state index >= 15 is 0 Å². The topological polar surface area (TPSA) is 9.86 Å². The van der Waals surface area contributed by atoms with E-state index in [0.29, 0.717) is 0 Å². The second kappa shape index (κ2) is 21.8. The first-order valence-electron chi connectivity index (χ1n) is 30.1. The van der Waals surface area contributed by atoms with Crippen molar-refractivity contribution >= 4 is 72.4 Å². The largest absolute Gasteiger partial charge is 0.308 e. The van der Waals surface area contributed by atoms with Crippen LogP contribution in [0.5, 0.6) is 0 Å². The van der Waals surface area contributed by atoms with Gasteiger partial charge in [0.25, 0.3) is 0 Å². The fourth-order valence-corrected chi connectivity index (χ4v) is 18.7. The maximum atomic E-state index is 2.57. The predicted molar refractivity (Wildman–Crippen MR) is 371 cm³/mol. The lowest BCUT2D eigenvalue weighted by Crippen LogP contribution is -2.74. The number of hydrogen-bond donors (Lipinski definition) is 0. The monoisotopic (exact) mass is 1120 g/mol. The number of para-hydroxylation sites is 3. The smallest absolute Gasteiger partial charge is 0.179 e. The number of hydrogen-bond acceptors (Lipinski definition) is 0. The van der Waals surface area contributed by atoms with E-state index in [0.717, 1.165) is 27.8 Å². The molecule has 0 radical (unpaired) electrons. The average molecular weight is 1120 g/mol. The molecule has 0 amide bonds. The first-order valence-corrected chi connectivity index (χ1v) is 32.1. The molecule has 16 aromatic rings. The van der Waals surface area contributed by atoms with Crippen molar-refractivity contribution in [2.24, 2.45) is 0 Å². The van der Waals surface area contributed by atoms with E-state index in [4.69, 9.17) is 0 Å². The molecule has 0 aliphatic carbocycles. The predicted octanol–water partition coefficient (Wildman–Crippen LogP) is 19.3. The Balaban J connectivity index is 0.929. The minimum absolute atomic E-state index is 1.15. The van der Waals surface area contributed by atoms with Crippen LogP contribution in [0.3, 0.4) is 0 Å². The van der Waals surface area contributed by atoms with Crippen molar-refractivity contribution in [1.82, 2.24) is 9.13 Å². The van der Waals surface area contributed by atoms with Gasteiger partial charge in [0.15, 0.2) is 8.07 Å². The highest BCUT2D eigenvalue weighted by Gasteiger charge is 2.43. The van der Waals surface area contributed by atoms with E-state index in [1.165, 1.54) is 115 Å². The third kappa shape index (κ3) is 8.78. The molecule has 0 bridgehead atoms. The third-order valence-electron chi connectivity index (χ3n) is 17.9. The highest BCUT2D eigenvalue weighted by atomic mass is 28.3. The van der Waals surface area contributed by atoms with Gasteiger partial charge in [-0.2, -0.15) is 0 Å². The first kappa shape index (κ1) is 51.5. The zero-order chi connectivity index (χ0) is 57.7. The van der Waals surface area contributed by atoms with Crippen LogP contribution in [-0.2, 0) is 0 Å². The van der Waals surface area contributed by atoms with E-state index in [1.54, 1.807) is 0 Å². The standard InChI is InChI=1S/C84H58N2Si/c1-8-27-59(28-9-1)60-47-51-69(52-48-60)87(67-37-18-6-19-38-67,68-39-20-7-21-40-68)70-57-75(63-33-14-4-15-34-63)84(76(58-70)64-35-16-5-17-36-64)86-80-46-25-23-42-74(80)78-56-66(50-54-82(78)86)65-49-53-81-77(55-65)73-41-22-24-45-79(73)85(81)83-71(61-29-10-2-11-30-61)43-26-44-72(83)62-31-12-3-13-32-62/h1-58H. The van der Waals surface area contributed by atoms with E-state index in [1.807, 2.05) is 0 Å². The van der Waals surface area contributed by atoms with E-state index in [2.05, 4.69) is 361 Å².